The number of likely N-dealkylation sites (N-methyl/N-ethyl adjacent to an activating group) is 1. The Bertz CT molecular complexity index is 1810. The van der Waals surface area contributed by atoms with Crippen LogP contribution in [0.4, 0.5) is 0 Å². The van der Waals surface area contributed by atoms with Gasteiger partial charge >= 0.3 is 11.9 Å². The van der Waals surface area contributed by atoms with Crippen LogP contribution in [0.5, 0.6) is 0 Å². The van der Waals surface area contributed by atoms with E-state index in [1.165, 1.54) is 154 Å². The average molecular weight is 1180 g/mol. The van der Waals surface area contributed by atoms with Crippen LogP contribution in [-0.2, 0) is 33.3 Å². The Balaban J connectivity index is 4.05. The molecule has 0 bridgehead atoms. The zero-order valence-electron chi connectivity index (χ0n) is 55.4. The predicted molar refractivity (Wildman–Crippen MR) is 361 cm³/mol. The van der Waals surface area contributed by atoms with E-state index in [9.17, 15) is 19.5 Å². The first-order valence-electron chi connectivity index (χ1n) is 34.7. The van der Waals surface area contributed by atoms with Gasteiger partial charge in [0.05, 0.1) is 40.3 Å². The minimum Gasteiger partial charge on any atom is -0.545 e. The standard InChI is InChI=1S/C76H129NO8/c1-6-8-10-12-14-16-18-20-22-24-26-28-29-30-31-32-33-34-35-36-37-38-39-40-41-42-43-44-45-47-48-50-52-54-56-58-60-62-64-66-73(78)83-70-72(71-84-76(75(80)81)82-69-68-77(3,4)5)85-74(79)67-65-63-61-59-57-55-53-51-49-46-27-25-23-21-19-17-15-13-11-9-7-2/h8-11,14-17,20-23,26-28,46,51,53,57,59,72,76H,6-7,12-13,18-19,24-25,29-45,47-50,52,54-56,58,60-71H2,1-5H3/b10-8-,11-9-,16-14-,17-15-,22-20-,23-21-,28-26-,46-27-,53-51-,59-57-. The maximum absolute atomic E-state index is 12.9. The van der Waals surface area contributed by atoms with Crippen molar-refractivity contribution in [2.24, 2.45) is 0 Å². The number of ether oxygens (including phenoxy) is 4. The van der Waals surface area contributed by atoms with Crippen molar-refractivity contribution in [3.05, 3.63) is 122 Å². The molecule has 85 heavy (non-hydrogen) atoms. The van der Waals surface area contributed by atoms with Crippen molar-refractivity contribution in [3.8, 4) is 0 Å². The summed E-state index contributed by atoms with van der Waals surface area (Å²) < 4.78 is 22.7. The number of aliphatic carboxylic acids is 1. The molecule has 0 aliphatic carbocycles. The summed E-state index contributed by atoms with van der Waals surface area (Å²) in [5, 5.41) is 11.8. The number of carbonyl (C=O) groups excluding carboxylic acids is 3. The summed E-state index contributed by atoms with van der Waals surface area (Å²) in [5.41, 5.74) is 0. The molecule has 0 radical (unpaired) electrons. The zero-order chi connectivity index (χ0) is 61.9. The first kappa shape index (κ1) is 80.7. The minimum absolute atomic E-state index is 0.135. The fourth-order valence-electron chi connectivity index (χ4n) is 9.47. The molecule has 0 rings (SSSR count). The molecule has 0 amide bonds. The third-order valence-electron chi connectivity index (χ3n) is 14.7. The molecule has 9 nitrogen and oxygen atoms in total. The van der Waals surface area contributed by atoms with E-state index in [1.807, 2.05) is 21.1 Å². The quantitative estimate of drug-likeness (QED) is 0.0195. The van der Waals surface area contributed by atoms with E-state index in [-0.39, 0.29) is 38.6 Å². The van der Waals surface area contributed by atoms with Crippen molar-refractivity contribution in [1.29, 1.82) is 0 Å². The minimum atomic E-state index is -1.64. The number of carboxylic acids is 1. The molecule has 0 aromatic carbocycles. The molecule has 0 aromatic heterocycles. The summed E-state index contributed by atoms with van der Waals surface area (Å²) >= 11 is 0. The Morgan fingerprint density at radius 1 is 0.353 bits per heavy atom. The van der Waals surface area contributed by atoms with Crippen LogP contribution >= 0.6 is 0 Å². The van der Waals surface area contributed by atoms with E-state index >= 15 is 0 Å². The van der Waals surface area contributed by atoms with Gasteiger partial charge in [0.15, 0.2) is 12.4 Å². The van der Waals surface area contributed by atoms with Crippen LogP contribution < -0.4 is 5.11 Å². The lowest BCUT2D eigenvalue weighted by Gasteiger charge is -2.26. The highest BCUT2D eigenvalue weighted by Gasteiger charge is 2.22. The SMILES string of the molecule is CC/C=C\C/C=C\C/C=C\C/C=C\C/C=C\C/C=C\CCCCC(=O)OC(COC(=O)CCCCCCCCCCCCCCCCCCCCCCCCCCCC/C=C\C/C=C\C/C=C\C/C=C\CC)COC(OCC[N+](C)(C)C)C(=O)[O-]. The maximum Gasteiger partial charge on any atom is 0.306 e. The van der Waals surface area contributed by atoms with Crippen LogP contribution in [0.2, 0.25) is 0 Å². The lowest BCUT2D eigenvalue weighted by atomic mass is 10.0. The molecular weight excluding hydrogens is 1050 g/mol. The number of rotatable bonds is 63. The Labute approximate surface area is 523 Å². The highest BCUT2D eigenvalue weighted by Crippen LogP contribution is 2.17. The van der Waals surface area contributed by atoms with Gasteiger partial charge in [0.1, 0.15) is 13.2 Å². The number of nitrogens with zero attached hydrogens (tertiary/aromatic N) is 1. The third-order valence-corrected chi connectivity index (χ3v) is 14.7. The van der Waals surface area contributed by atoms with Gasteiger partial charge in [-0.05, 0) is 103 Å². The summed E-state index contributed by atoms with van der Waals surface area (Å²) in [7, 11) is 5.91. The average Bonchev–Trinajstić information content (AvgIpc) is 3.48. The van der Waals surface area contributed by atoms with Gasteiger partial charge in [-0.3, -0.25) is 9.59 Å². The lowest BCUT2D eigenvalue weighted by molar-refractivity contribution is -0.870. The fraction of sp³-hybridized carbons (Fsp3) is 0.697. The number of unbranched alkanes of at least 4 members (excludes halogenated alkanes) is 28. The maximum atomic E-state index is 12.9. The summed E-state index contributed by atoms with van der Waals surface area (Å²) in [5.74, 6) is -2.34. The Morgan fingerprint density at radius 3 is 0.965 bits per heavy atom. The molecule has 2 atom stereocenters. The molecular formula is C76H129NO8. The second kappa shape index (κ2) is 65.7. The Kier molecular flexibility index (Phi) is 62.3. The first-order chi connectivity index (χ1) is 41.6. The number of quaternary nitrogens is 1. The van der Waals surface area contributed by atoms with Gasteiger partial charge in [-0.2, -0.15) is 0 Å². The number of carbonyl (C=O) groups is 3. The summed E-state index contributed by atoms with van der Waals surface area (Å²) in [6.45, 7) is 4.48. The number of hydrogen-bond donors (Lipinski definition) is 0. The summed E-state index contributed by atoms with van der Waals surface area (Å²) in [6, 6.07) is 0. The number of allylic oxidation sites excluding steroid dienone is 20. The summed E-state index contributed by atoms with van der Waals surface area (Å²) in [4.78, 5) is 37.4. The van der Waals surface area contributed by atoms with Crippen LogP contribution in [0.25, 0.3) is 0 Å². The third kappa shape index (κ3) is 67.1. The van der Waals surface area contributed by atoms with E-state index < -0.39 is 24.3 Å². The van der Waals surface area contributed by atoms with Gasteiger partial charge in [-0.15, -0.1) is 0 Å². The normalized spacial score (nSPS) is 13.5. The summed E-state index contributed by atoms with van der Waals surface area (Å²) in [6.07, 6.45) is 90.2. The first-order valence-corrected chi connectivity index (χ1v) is 34.7. The molecule has 0 fully saturated rings. The van der Waals surface area contributed by atoms with E-state index in [4.69, 9.17) is 18.9 Å². The van der Waals surface area contributed by atoms with E-state index in [0.717, 1.165) is 96.3 Å². The monoisotopic (exact) mass is 1180 g/mol. The molecule has 0 saturated carbocycles. The number of carboxylic acid groups (broad SMARTS) is 1. The van der Waals surface area contributed by atoms with Crippen molar-refractivity contribution in [1.82, 2.24) is 0 Å². The van der Waals surface area contributed by atoms with Crippen LogP contribution in [0, 0.1) is 0 Å². The molecule has 0 N–H and O–H groups in total. The van der Waals surface area contributed by atoms with Crippen molar-refractivity contribution in [2.45, 2.75) is 296 Å². The highest BCUT2D eigenvalue weighted by atomic mass is 16.7. The number of esters is 2. The molecule has 486 valence electrons. The van der Waals surface area contributed by atoms with Gasteiger partial charge in [0.2, 0.25) is 0 Å². The van der Waals surface area contributed by atoms with Gasteiger partial charge in [-0.1, -0.05) is 289 Å². The van der Waals surface area contributed by atoms with Crippen LogP contribution in [0.1, 0.15) is 284 Å². The molecule has 2 unspecified atom stereocenters. The predicted octanol–water partition coefficient (Wildman–Crippen LogP) is 20.2. The second-order valence-corrected chi connectivity index (χ2v) is 24.1. The van der Waals surface area contributed by atoms with E-state index in [0.29, 0.717) is 17.4 Å². The van der Waals surface area contributed by atoms with Crippen LogP contribution in [0.3, 0.4) is 0 Å². The highest BCUT2D eigenvalue weighted by molar-refractivity contribution is 5.70. The van der Waals surface area contributed by atoms with Gasteiger partial charge in [0.25, 0.3) is 0 Å². The Morgan fingerprint density at radius 2 is 0.635 bits per heavy atom. The van der Waals surface area contributed by atoms with Crippen molar-refractivity contribution >= 4 is 17.9 Å². The smallest absolute Gasteiger partial charge is 0.306 e. The zero-order valence-corrected chi connectivity index (χ0v) is 55.4. The van der Waals surface area contributed by atoms with Crippen LogP contribution in [0.15, 0.2) is 122 Å². The molecule has 0 heterocycles. The van der Waals surface area contributed by atoms with Crippen molar-refractivity contribution in [2.75, 3.05) is 47.5 Å². The molecule has 0 aliphatic rings. The largest absolute Gasteiger partial charge is 0.545 e. The van der Waals surface area contributed by atoms with Gasteiger partial charge in [0, 0.05) is 12.8 Å². The molecule has 0 spiro atoms. The van der Waals surface area contributed by atoms with Gasteiger partial charge in [-0.25, -0.2) is 0 Å². The Hall–Kier alpha value is -4.31. The van der Waals surface area contributed by atoms with Crippen LogP contribution in [-0.4, -0.2) is 82.3 Å². The fourth-order valence-corrected chi connectivity index (χ4v) is 9.47. The molecule has 0 saturated heterocycles. The molecule has 9 heteroatoms. The van der Waals surface area contributed by atoms with E-state index in [2.05, 4.69) is 135 Å². The van der Waals surface area contributed by atoms with Gasteiger partial charge < -0.3 is 33.3 Å². The topological polar surface area (TPSA) is 111 Å². The van der Waals surface area contributed by atoms with Crippen molar-refractivity contribution in [3.63, 3.8) is 0 Å². The molecule has 0 aromatic rings. The second-order valence-electron chi connectivity index (χ2n) is 24.1. The van der Waals surface area contributed by atoms with E-state index in [1.54, 1.807) is 0 Å². The van der Waals surface area contributed by atoms with Crippen molar-refractivity contribution < 1.29 is 42.9 Å². The molecule has 0 aliphatic heterocycles. The number of hydrogen-bond acceptors (Lipinski definition) is 8. The lowest BCUT2D eigenvalue weighted by Crippen LogP contribution is -2.44.